The Hall–Kier alpha value is -1.80. The molecular formula is C11H13N3O. The molecule has 15 heavy (non-hydrogen) atoms. The lowest BCUT2D eigenvalue weighted by atomic mass is 9.93. The predicted octanol–water partition coefficient (Wildman–Crippen LogP) is 1.89. The fourth-order valence-electron chi connectivity index (χ4n) is 1.51. The summed E-state index contributed by atoms with van der Waals surface area (Å²) in [6, 6.07) is 2.32. The molecule has 4 nitrogen and oxygen atoms in total. The molecule has 0 bridgehead atoms. The van der Waals surface area contributed by atoms with Gasteiger partial charge < -0.3 is 5.32 Å². The number of carbonyl (C=O) groups is 1. The van der Waals surface area contributed by atoms with Crippen molar-refractivity contribution in [1.29, 1.82) is 0 Å². The predicted molar refractivity (Wildman–Crippen MR) is 57.5 cm³/mol. The Balaban J connectivity index is 2.00. The van der Waals surface area contributed by atoms with E-state index in [0.29, 0.717) is 11.9 Å². The standard InChI is InChI=1S/C11H13N3O/c1-2-4-11(15)12-10-7-8-14(13-10)9-5-3-6-9/h4,7-9H,1,3,5-6H2,(H,12,13,15). The summed E-state index contributed by atoms with van der Waals surface area (Å²) in [6.45, 7) is 3.33. The summed E-state index contributed by atoms with van der Waals surface area (Å²) in [5.74, 6) is 0.335. The molecule has 0 atom stereocenters. The molecule has 1 N–H and O–H groups in total. The average Bonchev–Trinajstić information content (AvgIpc) is 2.50. The van der Waals surface area contributed by atoms with E-state index >= 15 is 0 Å². The van der Waals surface area contributed by atoms with Crippen LogP contribution in [0.4, 0.5) is 5.82 Å². The third kappa shape index (κ3) is 2.17. The Kier molecular flexibility index (Phi) is 2.70. The van der Waals surface area contributed by atoms with Crippen molar-refractivity contribution >= 4 is 11.7 Å². The van der Waals surface area contributed by atoms with Gasteiger partial charge in [-0.05, 0) is 19.3 Å². The maximum Gasteiger partial charge on any atom is 0.257 e. The normalized spacial score (nSPS) is 15.2. The molecule has 1 fully saturated rings. The quantitative estimate of drug-likeness (QED) is 0.602. The highest BCUT2D eigenvalue weighted by atomic mass is 16.1. The van der Waals surface area contributed by atoms with Gasteiger partial charge in [0, 0.05) is 18.3 Å². The number of carbonyl (C=O) groups excluding carboxylic acids is 1. The van der Waals surface area contributed by atoms with E-state index in [0.717, 1.165) is 0 Å². The SMILES string of the molecule is C=C=CC(=O)Nc1ccn(C2CCC2)n1. The van der Waals surface area contributed by atoms with Crippen LogP contribution in [-0.2, 0) is 4.79 Å². The highest BCUT2D eigenvalue weighted by molar-refractivity contribution is 5.98. The summed E-state index contributed by atoms with van der Waals surface area (Å²) in [5.41, 5.74) is 2.42. The molecule has 2 rings (SSSR count). The van der Waals surface area contributed by atoms with Crippen LogP contribution in [0.25, 0.3) is 0 Å². The lowest BCUT2D eigenvalue weighted by Gasteiger charge is -2.25. The van der Waals surface area contributed by atoms with Crippen molar-refractivity contribution in [2.75, 3.05) is 5.32 Å². The van der Waals surface area contributed by atoms with E-state index in [9.17, 15) is 4.79 Å². The number of aromatic nitrogens is 2. The van der Waals surface area contributed by atoms with Crippen molar-refractivity contribution < 1.29 is 4.79 Å². The summed E-state index contributed by atoms with van der Waals surface area (Å²) >= 11 is 0. The van der Waals surface area contributed by atoms with E-state index in [1.807, 2.05) is 10.9 Å². The van der Waals surface area contributed by atoms with Crippen LogP contribution in [0.5, 0.6) is 0 Å². The van der Waals surface area contributed by atoms with E-state index in [2.05, 4.69) is 22.7 Å². The fourth-order valence-corrected chi connectivity index (χ4v) is 1.51. The van der Waals surface area contributed by atoms with Gasteiger partial charge in [-0.1, -0.05) is 6.58 Å². The van der Waals surface area contributed by atoms with Gasteiger partial charge in [0.2, 0.25) is 0 Å². The molecule has 1 aromatic rings. The Morgan fingerprint density at radius 3 is 3.13 bits per heavy atom. The Morgan fingerprint density at radius 1 is 1.73 bits per heavy atom. The Labute approximate surface area is 88.3 Å². The molecule has 0 unspecified atom stereocenters. The number of hydrogen-bond donors (Lipinski definition) is 1. The molecule has 1 aliphatic rings. The molecule has 1 heterocycles. The van der Waals surface area contributed by atoms with Crippen LogP contribution >= 0.6 is 0 Å². The van der Waals surface area contributed by atoms with Crippen molar-refractivity contribution in [2.45, 2.75) is 25.3 Å². The van der Waals surface area contributed by atoms with Crippen molar-refractivity contribution in [3.63, 3.8) is 0 Å². The molecule has 1 amide bonds. The topological polar surface area (TPSA) is 46.9 Å². The second-order valence-electron chi connectivity index (χ2n) is 3.60. The number of nitrogens with one attached hydrogen (secondary N) is 1. The minimum atomic E-state index is -0.246. The van der Waals surface area contributed by atoms with Gasteiger partial charge in [-0.25, -0.2) is 0 Å². The molecule has 78 valence electrons. The first-order chi connectivity index (χ1) is 7.29. The number of anilines is 1. The molecule has 0 spiro atoms. The van der Waals surface area contributed by atoms with Gasteiger partial charge in [-0.2, -0.15) is 5.10 Å². The summed E-state index contributed by atoms with van der Waals surface area (Å²) in [4.78, 5) is 11.2. The molecule has 0 saturated heterocycles. The van der Waals surface area contributed by atoms with Gasteiger partial charge in [0.05, 0.1) is 6.04 Å². The van der Waals surface area contributed by atoms with Crippen LogP contribution in [0.1, 0.15) is 25.3 Å². The first-order valence-corrected chi connectivity index (χ1v) is 5.01. The summed E-state index contributed by atoms with van der Waals surface area (Å²) < 4.78 is 1.91. The van der Waals surface area contributed by atoms with Gasteiger partial charge >= 0.3 is 0 Å². The second kappa shape index (κ2) is 4.15. The Bertz CT molecular complexity index is 411. The van der Waals surface area contributed by atoms with Gasteiger partial charge in [0.1, 0.15) is 0 Å². The van der Waals surface area contributed by atoms with Crippen molar-refractivity contribution in [3.8, 4) is 0 Å². The van der Waals surface area contributed by atoms with Gasteiger partial charge in [-0.3, -0.25) is 9.48 Å². The van der Waals surface area contributed by atoms with Gasteiger partial charge in [0.25, 0.3) is 5.91 Å². The van der Waals surface area contributed by atoms with E-state index in [-0.39, 0.29) is 5.91 Å². The molecule has 1 saturated carbocycles. The largest absolute Gasteiger partial charge is 0.305 e. The summed E-state index contributed by atoms with van der Waals surface area (Å²) in [6.07, 6.45) is 6.79. The molecule has 4 heteroatoms. The van der Waals surface area contributed by atoms with E-state index in [1.54, 1.807) is 6.07 Å². The van der Waals surface area contributed by atoms with Crippen LogP contribution < -0.4 is 5.32 Å². The number of rotatable bonds is 3. The zero-order chi connectivity index (χ0) is 10.7. The van der Waals surface area contributed by atoms with E-state index in [4.69, 9.17) is 0 Å². The van der Waals surface area contributed by atoms with Crippen LogP contribution in [0, 0.1) is 0 Å². The summed E-state index contributed by atoms with van der Waals surface area (Å²) in [7, 11) is 0. The van der Waals surface area contributed by atoms with E-state index in [1.165, 1.54) is 25.3 Å². The minimum absolute atomic E-state index is 0.246. The molecule has 0 aliphatic heterocycles. The molecule has 1 aromatic heterocycles. The van der Waals surface area contributed by atoms with E-state index < -0.39 is 0 Å². The molecule has 0 radical (unpaired) electrons. The highest BCUT2D eigenvalue weighted by Crippen LogP contribution is 2.30. The van der Waals surface area contributed by atoms with Gasteiger partial charge in [-0.15, -0.1) is 5.73 Å². The maximum absolute atomic E-state index is 11.2. The smallest absolute Gasteiger partial charge is 0.257 e. The lowest BCUT2D eigenvalue weighted by Crippen LogP contribution is -2.18. The van der Waals surface area contributed by atoms with Crippen molar-refractivity contribution in [2.24, 2.45) is 0 Å². The first kappa shape index (κ1) is 9.74. The average molecular weight is 203 g/mol. The summed E-state index contributed by atoms with van der Waals surface area (Å²) in [5, 5.41) is 6.91. The van der Waals surface area contributed by atoms with Crippen LogP contribution in [0.15, 0.2) is 30.6 Å². The maximum atomic E-state index is 11.2. The number of amides is 1. The van der Waals surface area contributed by atoms with Gasteiger partial charge in [0.15, 0.2) is 5.82 Å². The van der Waals surface area contributed by atoms with Crippen molar-refractivity contribution in [1.82, 2.24) is 9.78 Å². The monoisotopic (exact) mass is 203 g/mol. The zero-order valence-electron chi connectivity index (χ0n) is 8.44. The molecule has 1 aliphatic carbocycles. The first-order valence-electron chi connectivity index (χ1n) is 5.01. The number of hydrogen-bond acceptors (Lipinski definition) is 2. The third-order valence-electron chi connectivity index (χ3n) is 2.54. The second-order valence-corrected chi connectivity index (χ2v) is 3.60. The highest BCUT2D eigenvalue weighted by Gasteiger charge is 2.19. The molecular weight excluding hydrogens is 190 g/mol. The minimum Gasteiger partial charge on any atom is -0.305 e. The van der Waals surface area contributed by atoms with Crippen LogP contribution in [0.3, 0.4) is 0 Å². The van der Waals surface area contributed by atoms with Crippen molar-refractivity contribution in [3.05, 3.63) is 30.6 Å². The third-order valence-corrected chi connectivity index (χ3v) is 2.54. The molecule has 0 aromatic carbocycles. The number of nitrogens with zero attached hydrogens (tertiary/aromatic N) is 2. The zero-order valence-corrected chi connectivity index (χ0v) is 8.44. The van der Waals surface area contributed by atoms with Crippen LogP contribution in [0.2, 0.25) is 0 Å². The fraction of sp³-hybridized carbons (Fsp3) is 0.364. The lowest BCUT2D eigenvalue weighted by molar-refractivity contribution is -0.111. The Morgan fingerprint density at radius 2 is 2.53 bits per heavy atom. The van der Waals surface area contributed by atoms with Crippen LogP contribution in [-0.4, -0.2) is 15.7 Å².